The highest BCUT2D eigenvalue weighted by atomic mass is 79.9. The van der Waals surface area contributed by atoms with Gasteiger partial charge >= 0.3 is 6.03 Å². The molecule has 0 radical (unpaired) electrons. The van der Waals surface area contributed by atoms with E-state index in [1.165, 1.54) is 26.2 Å². The zero-order valence-electron chi connectivity index (χ0n) is 14.7. The van der Waals surface area contributed by atoms with Crippen molar-refractivity contribution in [2.75, 3.05) is 31.3 Å². The molecule has 0 unspecified atom stereocenters. The molecule has 10 heteroatoms. The largest absolute Gasteiger partial charge is 0.341 e. The second-order valence-electron chi connectivity index (χ2n) is 5.54. The molecule has 0 aliphatic heterocycles. The van der Waals surface area contributed by atoms with Crippen LogP contribution in [0.1, 0.15) is 0 Å². The van der Waals surface area contributed by atoms with Crippen molar-refractivity contribution in [1.29, 1.82) is 0 Å². The average Bonchev–Trinajstić information content (AvgIpc) is 2.63. The number of anilines is 2. The molecule has 3 amide bonds. The van der Waals surface area contributed by atoms with Crippen molar-refractivity contribution in [2.24, 2.45) is 0 Å². The molecule has 0 saturated carbocycles. The van der Waals surface area contributed by atoms with Crippen LogP contribution in [0.15, 0.2) is 57.9 Å². The fraction of sp³-hybridized carbons (Fsp3) is 0.176. The first kappa shape index (κ1) is 20.9. The third-order valence-electron chi connectivity index (χ3n) is 3.54. The molecule has 2 aromatic carbocycles. The first-order chi connectivity index (χ1) is 12.7. The summed E-state index contributed by atoms with van der Waals surface area (Å²) < 4.78 is 26.7. The number of likely N-dealkylation sites (N-methyl/N-ethyl adjacent to an activating group) is 1. The minimum absolute atomic E-state index is 0.102. The summed E-state index contributed by atoms with van der Waals surface area (Å²) in [6, 6.07) is 12.3. The topological polar surface area (TPSA) is 108 Å². The maximum absolute atomic E-state index is 12.5. The number of benzene rings is 2. The molecule has 27 heavy (non-hydrogen) atoms. The van der Waals surface area contributed by atoms with Crippen LogP contribution in [0.25, 0.3) is 0 Å². The molecule has 8 nitrogen and oxygen atoms in total. The first-order valence-corrected chi connectivity index (χ1v) is 10.1. The second-order valence-corrected chi connectivity index (χ2v) is 8.51. The molecule has 0 atom stereocenters. The number of urea groups is 1. The van der Waals surface area contributed by atoms with E-state index in [2.05, 4.69) is 31.9 Å². The van der Waals surface area contributed by atoms with Crippen molar-refractivity contribution in [2.45, 2.75) is 4.90 Å². The summed E-state index contributed by atoms with van der Waals surface area (Å²) in [5, 5.41) is 7.64. The number of sulfonamides is 1. The van der Waals surface area contributed by atoms with Gasteiger partial charge in [-0.15, -0.1) is 0 Å². The molecule has 3 N–H and O–H groups in total. The third-order valence-corrected chi connectivity index (χ3v) is 5.89. The molecule has 0 aliphatic rings. The van der Waals surface area contributed by atoms with Gasteiger partial charge in [0.25, 0.3) is 0 Å². The Bertz CT molecular complexity index is 915. The molecule has 2 rings (SSSR count). The van der Waals surface area contributed by atoms with Gasteiger partial charge in [-0.25, -0.2) is 13.2 Å². The van der Waals surface area contributed by atoms with Gasteiger partial charge in [-0.2, -0.15) is 4.31 Å². The molecule has 0 spiro atoms. The summed E-state index contributed by atoms with van der Waals surface area (Å²) in [7, 11) is -0.926. The van der Waals surface area contributed by atoms with E-state index in [0.29, 0.717) is 11.4 Å². The number of amides is 3. The molecule has 0 aliphatic carbocycles. The highest BCUT2D eigenvalue weighted by Crippen LogP contribution is 2.18. The number of carbonyl (C=O) groups excluding carboxylic acids is 2. The molecular weight excluding hydrogens is 436 g/mol. The quantitative estimate of drug-likeness (QED) is 0.622. The fourth-order valence-electron chi connectivity index (χ4n) is 2.10. The Hall–Kier alpha value is -2.43. The number of nitrogens with zero attached hydrogens (tertiary/aromatic N) is 1. The number of carbonyl (C=O) groups is 2. The predicted octanol–water partition coefficient (Wildman–Crippen LogP) is 2.46. The first-order valence-electron chi connectivity index (χ1n) is 7.83. The molecule has 0 aromatic heterocycles. The Kier molecular flexibility index (Phi) is 6.94. The molecule has 0 fully saturated rings. The zero-order chi connectivity index (χ0) is 20.0. The van der Waals surface area contributed by atoms with Gasteiger partial charge < -0.3 is 16.0 Å². The van der Waals surface area contributed by atoms with E-state index in [9.17, 15) is 18.0 Å². The van der Waals surface area contributed by atoms with Crippen LogP contribution in [0.5, 0.6) is 0 Å². The average molecular weight is 455 g/mol. The summed E-state index contributed by atoms with van der Waals surface area (Å²) >= 11 is 3.25. The molecule has 0 bridgehead atoms. The maximum atomic E-state index is 12.5. The number of nitrogens with one attached hydrogen (secondary N) is 3. The molecule has 0 heterocycles. The van der Waals surface area contributed by atoms with Gasteiger partial charge in [0.15, 0.2) is 0 Å². The van der Waals surface area contributed by atoms with Gasteiger partial charge in [0.1, 0.15) is 0 Å². The van der Waals surface area contributed by atoms with Crippen LogP contribution in [0.2, 0.25) is 0 Å². The lowest BCUT2D eigenvalue weighted by molar-refractivity contribution is -0.116. The van der Waals surface area contributed by atoms with Gasteiger partial charge in [0.05, 0.1) is 11.4 Å². The smallest absolute Gasteiger partial charge is 0.318 e. The highest BCUT2D eigenvalue weighted by molar-refractivity contribution is 9.10. The summed E-state index contributed by atoms with van der Waals surface area (Å²) in [4.78, 5) is 23.5. The van der Waals surface area contributed by atoms with E-state index in [1.54, 1.807) is 36.4 Å². The van der Waals surface area contributed by atoms with Crippen LogP contribution in [-0.2, 0) is 14.8 Å². The van der Waals surface area contributed by atoms with Crippen LogP contribution in [0.4, 0.5) is 16.2 Å². The van der Waals surface area contributed by atoms with Gasteiger partial charge in [0.2, 0.25) is 15.9 Å². The van der Waals surface area contributed by atoms with E-state index in [1.807, 2.05) is 0 Å². The summed E-state index contributed by atoms with van der Waals surface area (Å²) in [6.45, 7) is -0.337. The van der Waals surface area contributed by atoms with Crippen LogP contribution in [0.3, 0.4) is 0 Å². The van der Waals surface area contributed by atoms with E-state index in [4.69, 9.17) is 0 Å². The Labute approximate surface area is 166 Å². The molecule has 0 saturated heterocycles. The molecular formula is C17H19BrN4O4S. The van der Waals surface area contributed by atoms with Crippen molar-refractivity contribution < 1.29 is 18.0 Å². The van der Waals surface area contributed by atoms with Crippen molar-refractivity contribution in [1.82, 2.24) is 9.62 Å². The lowest BCUT2D eigenvalue weighted by atomic mass is 10.3. The highest BCUT2D eigenvalue weighted by Gasteiger charge is 2.22. The number of hydrogen-bond acceptors (Lipinski definition) is 4. The monoisotopic (exact) mass is 454 g/mol. The zero-order valence-corrected chi connectivity index (χ0v) is 17.1. The van der Waals surface area contributed by atoms with E-state index < -0.39 is 15.9 Å². The van der Waals surface area contributed by atoms with Gasteiger partial charge in [-0.3, -0.25) is 4.79 Å². The lowest BCUT2D eigenvalue weighted by Crippen LogP contribution is -2.34. The SMILES string of the molecule is CNC(=O)Nc1ccc(NC(=O)CN(C)S(=O)(=O)c2ccc(Br)cc2)cc1. The minimum Gasteiger partial charge on any atom is -0.341 e. The summed E-state index contributed by atoms with van der Waals surface area (Å²) in [5.41, 5.74) is 1.04. The van der Waals surface area contributed by atoms with Crippen LogP contribution in [-0.4, -0.2) is 45.3 Å². The van der Waals surface area contributed by atoms with Crippen LogP contribution >= 0.6 is 15.9 Å². The van der Waals surface area contributed by atoms with Gasteiger partial charge in [-0.05, 0) is 48.5 Å². The summed E-state index contributed by atoms with van der Waals surface area (Å²) in [5.74, 6) is -0.481. The fourth-order valence-corrected chi connectivity index (χ4v) is 3.50. The molecule has 144 valence electrons. The maximum Gasteiger partial charge on any atom is 0.318 e. The lowest BCUT2D eigenvalue weighted by Gasteiger charge is -2.17. The Morgan fingerprint density at radius 3 is 2.00 bits per heavy atom. The minimum atomic E-state index is -3.77. The van der Waals surface area contributed by atoms with Gasteiger partial charge in [0, 0.05) is 29.9 Å². The Morgan fingerprint density at radius 1 is 0.963 bits per heavy atom. The summed E-state index contributed by atoms with van der Waals surface area (Å²) in [6.07, 6.45) is 0. The Morgan fingerprint density at radius 2 is 1.48 bits per heavy atom. The van der Waals surface area contributed by atoms with Crippen LogP contribution < -0.4 is 16.0 Å². The van der Waals surface area contributed by atoms with Crippen molar-refractivity contribution >= 4 is 49.3 Å². The second kappa shape index (κ2) is 8.98. The number of hydrogen-bond donors (Lipinski definition) is 3. The van der Waals surface area contributed by atoms with E-state index >= 15 is 0 Å². The van der Waals surface area contributed by atoms with Crippen molar-refractivity contribution in [3.8, 4) is 0 Å². The normalized spacial score (nSPS) is 11.1. The van der Waals surface area contributed by atoms with E-state index in [0.717, 1.165) is 8.78 Å². The van der Waals surface area contributed by atoms with Crippen molar-refractivity contribution in [3.05, 3.63) is 53.0 Å². The third kappa shape index (κ3) is 5.78. The Balaban J connectivity index is 1.98. The van der Waals surface area contributed by atoms with Crippen molar-refractivity contribution in [3.63, 3.8) is 0 Å². The van der Waals surface area contributed by atoms with Gasteiger partial charge in [-0.1, -0.05) is 15.9 Å². The van der Waals surface area contributed by atoms with Crippen LogP contribution in [0, 0.1) is 0 Å². The van der Waals surface area contributed by atoms with E-state index in [-0.39, 0.29) is 17.5 Å². The number of rotatable bonds is 6. The standard InChI is InChI=1S/C17H19BrN4O4S/c1-19-17(24)21-14-7-5-13(6-8-14)20-16(23)11-22(2)27(25,26)15-9-3-12(18)4-10-15/h3-10H,11H2,1-2H3,(H,20,23)(H2,19,21,24). The predicted molar refractivity (Wildman–Crippen MR) is 107 cm³/mol. The number of halogens is 1. The molecule has 2 aromatic rings.